The first-order valence-electron chi connectivity index (χ1n) is 13.5. The average Bonchev–Trinajstić information content (AvgIpc) is 3.36. The van der Waals surface area contributed by atoms with E-state index in [0.717, 1.165) is 12.2 Å². The van der Waals surface area contributed by atoms with E-state index in [1.54, 1.807) is 26.0 Å². The number of aryl methyl sites for hydroxylation is 1. The number of hydrogen-bond donors (Lipinski definition) is 3. The zero-order valence-electron chi connectivity index (χ0n) is 25.7. The minimum absolute atomic E-state index is 0.0310. The number of amides is 1. The highest BCUT2D eigenvalue weighted by atomic mass is 19.4. The number of benzene rings is 2. The first-order valence-corrected chi connectivity index (χ1v) is 13.5. The van der Waals surface area contributed by atoms with Crippen LogP contribution in [0.3, 0.4) is 0 Å². The van der Waals surface area contributed by atoms with Gasteiger partial charge in [-0.05, 0) is 64.1 Å². The number of nitrogens with zero attached hydrogens (tertiary/aromatic N) is 1. The van der Waals surface area contributed by atoms with Gasteiger partial charge >= 0.3 is 6.18 Å². The molecule has 1 amide bonds. The Balaban J connectivity index is 0.00000129. The monoisotopic (exact) mass is 591 g/mol. The van der Waals surface area contributed by atoms with E-state index in [4.69, 9.17) is 9.15 Å². The molecular formula is C32H44F3N3O4. The standard InChI is InChI=1S/C22H25F3N2O4.C6H6.C3H8.CH5N/c1-6-15(22(23,24)25)7-8-16-13(3)18(30-5)10-9-17(16)21-27-19(14(4)31-21)20(29)26-11-12(2)28;1-2-4-6-5-3-1;1-3-2;1-2/h6-10,12,28H,11H2,1-5H3,(H,26,29);1-6H;3H2,1-2H3;2H2,1H3/b8-7-,15-6-;;;. The van der Waals surface area contributed by atoms with Gasteiger partial charge in [0.1, 0.15) is 11.5 Å². The van der Waals surface area contributed by atoms with E-state index < -0.39 is 23.8 Å². The zero-order chi connectivity index (χ0) is 32.3. The second-order valence-corrected chi connectivity index (χ2v) is 8.77. The Morgan fingerprint density at radius 1 is 1.12 bits per heavy atom. The topological polar surface area (TPSA) is 111 Å². The first kappa shape index (κ1) is 38.1. The molecule has 0 aliphatic rings. The van der Waals surface area contributed by atoms with E-state index in [1.807, 2.05) is 36.4 Å². The molecule has 7 nitrogen and oxygen atoms in total. The lowest BCUT2D eigenvalue weighted by Gasteiger charge is -2.12. The molecule has 1 unspecified atom stereocenters. The van der Waals surface area contributed by atoms with Crippen LogP contribution in [0.5, 0.6) is 5.75 Å². The van der Waals surface area contributed by atoms with Crippen LogP contribution < -0.4 is 15.8 Å². The summed E-state index contributed by atoms with van der Waals surface area (Å²) in [6.45, 7) is 10.4. The Labute approximate surface area is 247 Å². The van der Waals surface area contributed by atoms with Gasteiger partial charge in [-0.3, -0.25) is 4.79 Å². The molecule has 0 saturated carbocycles. The average molecular weight is 592 g/mol. The number of nitrogens with two attached hydrogens (primary N) is 1. The molecule has 0 saturated heterocycles. The quantitative estimate of drug-likeness (QED) is 0.249. The fourth-order valence-electron chi connectivity index (χ4n) is 3.29. The number of carbonyl (C=O) groups excluding carboxylic acids is 1. The Morgan fingerprint density at radius 3 is 2.07 bits per heavy atom. The van der Waals surface area contributed by atoms with E-state index in [1.165, 1.54) is 40.5 Å². The zero-order valence-corrected chi connectivity index (χ0v) is 25.7. The van der Waals surface area contributed by atoms with Crippen molar-refractivity contribution in [1.29, 1.82) is 0 Å². The van der Waals surface area contributed by atoms with Crippen molar-refractivity contribution in [2.24, 2.45) is 5.73 Å². The highest BCUT2D eigenvalue weighted by Gasteiger charge is 2.31. The Bertz CT molecular complexity index is 1230. The normalized spacial score (nSPS) is 11.7. The fraction of sp³-hybridized carbons (Fsp3) is 0.375. The number of hydrogen-bond acceptors (Lipinski definition) is 6. The van der Waals surface area contributed by atoms with Gasteiger partial charge < -0.3 is 25.3 Å². The number of nitrogens with one attached hydrogen (secondary N) is 1. The van der Waals surface area contributed by atoms with Crippen molar-refractivity contribution in [3.63, 3.8) is 0 Å². The number of alkyl halides is 3. The molecule has 3 aromatic rings. The lowest BCUT2D eigenvalue weighted by Crippen LogP contribution is -2.31. The van der Waals surface area contributed by atoms with Gasteiger partial charge in [-0.1, -0.05) is 68.8 Å². The number of carbonyl (C=O) groups is 1. The molecule has 2 aromatic carbocycles. The number of aromatic nitrogens is 1. The number of methoxy groups -OCH3 is 1. The number of allylic oxidation sites excluding steroid dienone is 3. The van der Waals surface area contributed by atoms with Crippen LogP contribution in [0.2, 0.25) is 0 Å². The van der Waals surface area contributed by atoms with Gasteiger partial charge in [0.15, 0.2) is 5.69 Å². The molecule has 1 atom stereocenters. The van der Waals surface area contributed by atoms with Crippen LogP contribution in [0, 0.1) is 13.8 Å². The molecule has 0 radical (unpaired) electrons. The van der Waals surface area contributed by atoms with Crippen molar-refractivity contribution >= 4 is 12.0 Å². The van der Waals surface area contributed by atoms with Crippen LogP contribution in [-0.2, 0) is 0 Å². The maximum Gasteiger partial charge on any atom is 0.416 e. The summed E-state index contributed by atoms with van der Waals surface area (Å²) >= 11 is 0. The van der Waals surface area contributed by atoms with E-state index in [2.05, 4.69) is 29.9 Å². The summed E-state index contributed by atoms with van der Waals surface area (Å²) in [5, 5.41) is 11.9. The second-order valence-electron chi connectivity index (χ2n) is 8.77. The van der Waals surface area contributed by atoms with Crippen LogP contribution in [-0.4, -0.2) is 49.0 Å². The molecule has 1 aromatic heterocycles. The highest BCUT2D eigenvalue weighted by Crippen LogP contribution is 2.35. The lowest BCUT2D eigenvalue weighted by atomic mass is 9.99. The molecule has 42 heavy (non-hydrogen) atoms. The Kier molecular flexibility index (Phi) is 18.2. The molecule has 4 N–H and O–H groups in total. The number of aliphatic hydroxyl groups is 1. The third-order valence-corrected chi connectivity index (χ3v) is 5.22. The van der Waals surface area contributed by atoms with Crippen LogP contribution in [0.4, 0.5) is 13.2 Å². The van der Waals surface area contributed by atoms with Crippen molar-refractivity contribution in [2.75, 3.05) is 20.7 Å². The van der Waals surface area contributed by atoms with Gasteiger partial charge in [0.2, 0.25) is 5.89 Å². The summed E-state index contributed by atoms with van der Waals surface area (Å²) in [7, 11) is 2.96. The van der Waals surface area contributed by atoms with E-state index >= 15 is 0 Å². The summed E-state index contributed by atoms with van der Waals surface area (Å²) in [5.41, 5.74) is 5.14. The Morgan fingerprint density at radius 2 is 1.64 bits per heavy atom. The van der Waals surface area contributed by atoms with Crippen molar-refractivity contribution in [3.05, 3.63) is 88.8 Å². The minimum atomic E-state index is -4.49. The smallest absolute Gasteiger partial charge is 0.416 e. The number of halogens is 3. The molecule has 0 aliphatic carbocycles. The van der Waals surface area contributed by atoms with Crippen molar-refractivity contribution < 1.29 is 32.2 Å². The van der Waals surface area contributed by atoms with E-state index in [0.29, 0.717) is 22.4 Å². The summed E-state index contributed by atoms with van der Waals surface area (Å²) in [5.74, 6) is 0.282. The number of ether oxygens (including phenoxy) is 1. The molecule has 10 heteroatoms. The van der Waals surface area contributed by atoms with Crippen molar-refractivity contribution in [1.82, 2.24) is 10.3 Å². The summed E-state index contributed by atoms with van der Waals surface area (Å²) < 4.78 is 50.3. The Hall–Kier alpha value is -3.89. The molecule has 0 bridgehead atoms. The molecule has 1 heterocycles. The highest BCUT2D eigenvalue weighted by molar-refractivity contribution is 5.94. The largest absolute Gasteiger partial charge is 0.496 e. The number of aliphatic hydroxyl groups excluding tert-OH is 1. The third-order valence-electron chi connectivity index (χ3n) is 5.22. The van der Waals surface area contributed by atoms with Crippen LogP contribution in [0.1, 0.15) is 61.5 Å². The van der Waals surface area contributed by atoms with Crippen molar-refractivity contribution in [3.8, 4) is 17.2 Å². The van der Waals surface area contributed by atoms with Crippen LogP contribution >= 0.6 is 0 Å². The van der Waals surface area contributed by atoms with Crippen LogP contribution in [0.25, 0.3) is 17.5 Å². The maximum atomic E-state index is 13.1. The molecular weight excluding hydrogens is 547 g/mol. The van der Waals surface area contributed by atoms with Gasteiger partial charge in [0, 0.05) is 12.1 Å². The SMILES string of the molecule is C/C=C(/C=C\c1c(-c2nc(C(=O)NCC(C)O)c(C)o2)ccc(OC)c1C)C(F)(F)F.CCC.CN.c1ccccc1. The molecule has 3 rings (SSSR count). The van der Waals surface area contributed by atoms with E-state index in [-0.39, 0.29) is 23.9 Å². The molecule has 0 fully saturated rings. The van der Waals surface area contributed by atoms with Gasteiger partial charge in [-0.2, -0.15) is 13.2 Å². The predicted octanol–water partition coefficient (Wildman–Crippen LogP) is 7.28. The summed E-state index contributed by atoms with van der Waals surface area (Å²) in [6.07, 6.45) is -0.704. The number of oxazole rings is 1. The predicted molar refractivity (Wildman–Crippen MR) is 163 cm³/mol. The molecule has 0 spiro atoms. The maximum absolute atomic E-state index is 13.1. The minimum Gasteiger partial charge on any atom is -0.496 e. The van der Waals surface area contributed by atoms with Gasteiger partial charge in [-0.25, -0.2) is 4.98 Å². The number of rotatable bonds is 7. The molecule has 232 valence electrons. The van der Waals surface area contributed by atoms with Gasteiger partial charge in [0.25, 0.3) is 5.91 Å². The third kappa shape index (κ3) is 12.7. The summed E-state index contributed by atoms with van der Waals surface area (Å²) in [6, 6.07) is 15.3. The van der Waals surface area contributed by atoms with Crippen molar-refractivity contribution in [2.45, 2.75) is 60.2 Å². The fourth-order valence-corrected chi connectivity index (χ4v) is 3.29. The van der Waals surface area contributed by atoms with Crippen LogP contribution in [0.15, 0.2) is 70.7 Å². The van der Waals surface area contributed by atoms with E-state index in [9.17, 15) is 23.1 Å². The van der Waals surface area contributed by atoms with Gasteiger partial charge in [-0.15, -0.1) is 0 Å². The van der Waals surface area contributed by atoms with Gasteiger partial charge in [0.05, 0.1) is 18.8 Å². The summed E-state index contributed by atoms with van der Waals surface area (Å²) in [4.78, 5) is 16.6. The second kappa shape index (κ2) is 20.1. The first-order chi connectivity index (χ1) is 19.9. The lowest BCUT2D eigenvalue weighted by molar-refractivity contribution is -0.0882. The molecule has 0 aliphatic heterocycles.